The normalized spacial score (nSPS) is 23.6. The van der Waals surface area contributed by atoms with Gasteiger partial charge in [0.05, 0.1) is 17.0 Å². The maximum absolute atomic E-state index is 13.2. The lowest BCUT2D eigenvalue weighted by atomic mass is 9.73. The highest BCUT2D eigenvalue weighted by Gasteiger charge is 2.58. The monoisotopic (exact) mass is 365 g/mol. The number of pyridine rings is 1. The minimum Gasteiger partial charge on any atom is -0.334 e. The number of carbonyl (C=O) groups excluding carboxylic acids is 2. The van der Waals surface area contributed by atoms with Crippen LogP contribution in [0.3, 0.4) is 0 Å². The van der Waals surface area contributed by atoms with Crippen LogP contribution < -0.4 is 10.9 Å². The average Bonchev–Trinajstić information content (AvgIpc) is 3.17. The van der Waals surface area contributed by atoms with Crippen molar-refractivity contribution in [3.05, 3.63) is 64.1 Å². The Kier molecular flexibility index (Phi) is 4.13. The van der Waals surface area contributed by atoms with Gasteiger partial charge < -0.3 is 14.8 Å². The molecule has 140 valence electrons. The molecule has 2 aromatic rings. The summed E-state index contributed by atoms with van der Waals surface area (Å²) < 4.78 is 1.41. The molecule has 2 amide bonds. The van der Waals surface area contributed by atoms with Crippen molar-refractivity contribution in [2.45, 2.75) is 37.6 Å². The summed E-state index contributed by atoms with van der Waals surface area (Å²) in [6, 6.07) is 10.6. The minimum absolute atomic E-state index is 0.0158. The number of benzene rings is 1. The molecule has 1 aromatic carbocycles. The van der Waals surface area contributed by atoms with Gasteiger partial charge in [-0.3, -0.25) is 14.4 Å². The summed E-state index contributed by atoms with van der Waals surface area (Å²) in [6.45, 7) is 2.59. The lowest BCUT2D eigenvalue weighted by Crippen LogP contribution is -2.48. The van der Waals surface area contributed by atoms with Crippen molar-refractivity contribution in [3.63, 3.8) is 0 Å². The highest BCUT2D eigenvalue weighted by molar-refractivity contribution is 6.08. The van der Waals surface area contributed by atoms with Crippen LogP contribution in [0, 0.1) is 0 Å². The van der Waals surface area contributed by atoms with E-state index in [2.05, 4.69) is 12.2 Å². The van der Waals surface area contributed by atoms with Gasteiger partial charge in [0.1, 0.15) is 0 Å². The average molecular weight is 365 g/mol. The number of nitrogens with zero attached hydrogens (tertiary/aromatic N) is 2. The third-order valence-corrected chi connectivity index (χ3v) is 5.91. The van der Waals surface area contributed by atoms with Crippen molar-refractivity contribution in [2.75, 3.05) is 11.9 Å². The summed E-state index contributed by atoms with van der Waals surface area (Å²) in [6.07, 6.45) is 3.80. The predicted molar refractivity (Wildman–Crippen MR) is 103 cm³/mol. The standard InChI is InChI=1S/C21H23N3O3/c1-3-6-17-21(15-7-4-5-8-16(15)22-20(21)27)11-12-24(17)19(26)14-9-10-18(25)23(2)13-14/h4-5,7-10,13,17H,3,6,11-12H2,1-2H3,(H,22,27)/t17-,21-/m0/s1. The van der Waals surface area contributed by atoms with E-state index in [1.807, 2.05) is 29.2 Å². The molecule has 0 aliphatic carbocycles. The molecule has 1 fully saturated rings. The Morgan fingerprint density at radius 3 is 2.74 bits per heavy atom. The predicted octanol–water partition coefficient (Wildman–Crippen LogP) is 2.29. The summed E-state index contributed by atoms with van der Waals surface area (Å²) >= 11 is 0. The second-order valence-corrected chi connectivity index (χ2v) is 7.39. The van der Waals surface area contributed by atoms with Crippen LogP contribution in [-0.4, -0.2) is 33.9 Å². The van der Waals surface area contributed by atoms with Gasteiger partial charge in [-0.2, -0.15) is 0 Å². The number of hydrogen-bond donors (Lipinski definition) is 1. The number of para-hydroxylation sites is 1. The number of nitrogens with one attached hydrogen (secondary N) is 1. The first kappa shape index (κ1) is 17.5. The van der Waals surface area contributed by atoms with E-state index in [1.54, 1.807) is 19.3 Å². The Morgan fingerprint density at radius 2 is 2.00 bits per heavy atom. The fraction of sp³-hybridized carbons (Fsp3) is 0.381. The van der Waals surface area contributed by atoms with E-state index in [9.17, 15) is 14.4 Å². The maximum Gasteiger partial charge on any atom is 0.255 e. The fourth-order valence-electron chi connectivity index (χ4n) is 4.61. The molecule has 6 heteroatoms. The van der Waals surface area contributed by atoms with E-state index < -0.39 is 5.41 Å². The van der Waals surface area contributed by atoms with Crippen LogP contribution in [0.2, 0.25) is 0 Å². The van der Waals surface area contributed by atoms with Gasteiger partial charge in [-0.15, -0.1) is 0 Å². The Labute approximate surface area is 157 Å². The number of rotatable bonds is 3. The SMILES string of the molecule is CCC[C@@H]1N(C(=O)c2ccc(=O)n(C)c2)CC[C@@]12C(=O)Nc1ccccc12. The lowest BCUT2D eigenvalue weighted by molar-refractivity contribution is -0.121. The number of likely N-dealkylation sites (tertiary alicyclic amines) is 1. The van der Waals surface area contributed by atoms with Crippen LogP contribution >= 0.6 is 0 Å². The summed E-state index contributed by atoms with van der Waals surface area (Å²) in [7, 11) is 1.63. The van der Waals surface area contributed by atoms with Gasteiger partial charge in [-0.1, -0.05) is 31.5 Å². The van der Waals surface area contributed by atoms with Crippen molar-refractivity contribution in [3.8, 4) is 0 Å². The molecule has 1 saturated heterocycles. The van der Waals surface area contributed by atoms with Crippen LogP contribution in [0.25, 0.3) is 0 Å². The Bertz CT molecular complexity index is 981. The molecule has 4 rings (SSSR count). The first-order chi connectivity index (χ1) is 13.0. The van der Waals surface area contributed by atoms with Gasteiger partial charge in [0.25, 0.3) is 5.91 Å². The largest absolute Gasteiger partial charge is 0.334 e. The second kappa shape index (κ2) is 6.37. The molecule has 3 heterocycles. The van der Waals surface area contributed by atoms with Crippen LogP contribution in [0.15, 0.2) is 47.4 Å². The van der Waals surface area contributed by atoms with Crippen molar-refractivity contribution in [2.24, 2.45) is 7.05 Å². The third kappa shape index (κ3) is 2.51. The Balaban J connectivity index is 1.76. The molecule has 27 heavy (non-hydrogen) atoms. The zero-order valence-electron chi connectivity index (χ0n) is 15.6. The molecule has 0 bridgehead atoms. The molecule has 0 unspecified atom stereocenters. The number of anilines is 1. The fourth-order valence-corrected chi connectivity index (χ4v) is 4.61. The van der Waals surface area contributed by atoms with Gasteiger partial charge in [-0.25, -0.2) is 0 Å². The van der Waals surface area contributed by atoms with Gasteiger partial charge >= 0.3 is 0 Å². The molecule has 1 N–H and O–H groups in total. The number of fused-ring (bicyclic) bond motifs is 2. The van der Waals surface area contributed by atoms with Crippen LogP contribution in [0.1, 0.15) is 42.1 Å². The zero-order chi connectivity index (χ0) is 19.2. The first-order valence-electron chi connectivity index (χ1n) is 9.37. The Morgan fingerprint density at radius 1 is 1.22 bits per heavy atom. The first-order valence-corrected chi connectivity index (χ1v) is 9.37. The van der Waals surface area contributed by atoms with Crippen molar-refractivity contribution in [1.82, 2.24) is 9.47 Å². The number of amides is 2. The molecule has 2 aliphatic rings. The van der Waals surface area contributed by atoms with Crippen molar-refractivity contribution in [1.29, 1.82) is 0 Å². The van der Waals surface area contributed by atoms with E-state index in [0.29, 0.717) is 18.5 Å². The number of carbonyl (C=O) groups is 2. The summed E-state index contributed by atoms with van der Waals surface area (Å²) in [5.74, 6) is -0.143. The molecule has 6 nitrogen and oxygen atoms in total. The molecule has 0 saturated carbocycles. The quantitative estimate of drug-likeness (QED) is 0.907. The van der Waals surface area contributed by atoms with Crippen molar-refractivity contribution >= 4 is 17.5 Å². The molecule has 2 aliphatic heterocycles. The second-order valence-electron chi connectivity index (χ2n) is 7.39. The van der Waals surface area contributed by atoms with Crippen LogP contribution in [0.5, 0.6) is 0 Å². The molecular weight excluding hydrogens is 342 g/mol. The Hall–Kier alpha value is -2.89. The van der Waals surface area contributed by atoms with E-state index in [-0.39, 0.29) is 23.4 Å². The summed E-state index contributed by atoms with van der Waals surface area (Å²) in [5.41, 5.74) is 1.47. The number of aryl methyl sites for hydroxylation is 1. The summed E-state index contributed by atoms with van der Waals surface area (Å²) in [5, 5.41) is 3.01. The van der Waals surface area contributed by atoms with Crippen LogP contribution in [-0.2, 0) is 17.3 Å². The van der Waals surface area contributed by atoms with E-state index in [1.165, 1.54) is 10.6 Å². The van der Waals surface area contributed by atoms with Gasteiger partial charge in [0.2, 0.25) is 11.5 Å². The topological polar surface area (TPSA) is 71.4 Å². The number of aromatic nitrogens is 1. The van der Waals surface area contributed by atoms with Crippen LogP contribution in [0.4, 0.5) is 5.69 Å². The minimum atomic E-state index is -0.692. The number of hydrogen-bond acceptors (Lipinski definition) is 3. The molecule has 1 aromatic heterocycles. The highest BCUT2D eigenvalue weighted by atomic mass is 16.2. The molecule has 2 atom stereocenters. The summed E-state index contributed by atoms with van der Waals surface area (Å²) in [4.78, 5) is 39.8. The lowest BCUT2D eigenvalue weighted by Gasteiger charge is -2.34. The smallest absolute Gasteiger partial charge is 0.255 e. The zero-order valence-corrected chi connectivity index (χ0v) is 15.6. The van der Waals surface area contributed by atoms with Gasteiger partial charge in [0, 0.05) is 31.5 Å². The van der Waals surface area contributed by atoms with Gasteiger partial charge in [-0.05, 0) is 30.5 Å². The maximum atomic E-state index is 13.2. The molecular formula is C21H23N3O3. The van der Waals surface area contributed by atoms with E-state index in [4.69, 9.17) is 0 Å². The third-order valence-electron chi connectivity index (χ3n) is 5.91. The van der Waals surface area contributed by atoms with Gasteiger partial charge in [0.15, 0.2) is 0 Å². The van der Waals surface area contributed by atoms with Crippen molar-refractivity contribution < 1.29 is 9.59 Å². The molecule has 0 radical (unpaired) electrons. The highest BCUT2D eigenvalue weighted by Crippen LogP contribution is 2.49. The van der Waals surface area contributed by atoms with E-state index in [0.717, 1.165) is 24.1 Å². The molecule has 1 spiro atoms. The van der Waals surface area contributed by atoms with E-state index >= 15 is 0 Å².